The SMILES string of the molecule is CC(=O)c1ccc(N2CCN(C(=O)C3CN(C(=O)c4cc(C)on4)C3)CC2)cc1. The number of hydrogen-bond donors (Lipinski definition) is 0. The van der Waals surface area contributed by atoms with E-state index >= 15 is 0 Å². The van der Waals surface area contributed by atoms with E-state index in [1.807, 2.05) is 29.2 Å². The minimum atomic E-state index is -0.190. The van der Waals surface area contributed by atoms with Crippen LogP contribution in [0, 0.1) is 12.8 Å². The number of rotatable bonds is 4. The van der Waals surface area contributed by atoms with Crippen molar-refractivity contribution in [1.29, 1.82) is 0 Å². The first-order chi connectivity index (χ1) is 13.9. The van der Waals surface area contributed by atoms with Gasteiger partial charge in [-0.1, -0.05) is 5.16 Å². The molecule has 152 valence electrons. The molecule has 4 rings (SSSR count). The molecule has 0 saturated carbocycles. The van der Waals surface area contributed by atoms with E-state index in [1.54, 1.807) is 24.8 Å². The Morgan fingerprint density at radius 2 is 1.66 bits per heavy atom. The lowest BCUT2D eigenvalue weighted by Crippen LogP contribution is -2.59. The summed E-state index contributed by atoms with van der Waals surface area (Å²) >= 11 is 0. The molecule has 2 aromatic rings. The van der Waals surface area contributed by atoms with Crippen molar-refractivity contribution >= 4 is 23.3 Å². The number of likely N-dealkylation sites (tertiary alicyclic amines) is 1. The maximum absolute atomic E-state index is 12.7. The summed E-state index contributed by atoms with van der Waals surface area (Å²) in [6.45, 7) is 6.95. The van der Waals surface area contributed by atoms with Crippen molar-refractivity contribution in [2.24, 2.45) is 5.92 Å². The highest BCUT2D eigenvalue weighted by atomic mass is 16.5. The number of amides is 2. The molecule has 8 heteroatoms. The molecule has 2 amide bonds. The minimum absolute atomic E-state index is 0.0543. The van der Waals surface area contributed by atoms with Gasteiger partial charge in [-0.05, 0) is 38.1 Å². The number of carbonyl (C=O) groups excluding carboxylic acids is 3. The smallest absolute Gasteiger partial charge is 0.276 e. The fourth-order valence-corrected chi connectivity index (χ4v) is 3.78. The molecular formula is C21H24N4O4. The molecule has 2 saturated heterocycles. The summed E-state index contributed by atoms with van der Waals surface area (Å²) in [5, 5.41) is 3.74. The summed E-state index contributed by atoms with van der Waals surface area (Å²) in [4.78, 5) is 42.2. The molecule has 29 heavy (non-hydrogen) atoms. The summed E-state index contributed by atoms with van der Waals surface area (Å²) in [6.07, 6.45) is 0. The van der Waals surface area contributed by atoms with Gasteiger partial charge >= 0.3 is 0 Å². The number of benzene rings is 1. The van der Waals surface area contributed by atoms with Crippen LogP contribution in [0.15, 0.2) is 34.9 Å². The second-order valence-electron chi connectivity index (χ2n) is 7.65. The standard InChI is InChI=1S/C21H24N4O4/c1-14-11-19(22-29-14)21(28)25-12-17(13-25)20(27)24-9-7-23(8-10-24)18-5-3-16(4-6-18)15(2)26/h3-6,11,17H,7-10,12-13H2,1-2H3. The van der Waals surface area contributed by atoms with Gasteiger partial charge in [-0.25, -0.2) is 0 Å². The number of carbonyl (C=O) groups is 3. The number of anilines is 1. The zero-order valence-corrected chi connectivity index (χ0v) is 16.6. The quantitative estimate of drug-likeness (QED) is 0.730. The molecule has 0 unspecified atom stereocenters. The van der Waals surface area contributed by atoms with Crippen LogP contribution in [0.4, 0.5) is 5.69 Å². The molecule has 1 aromatic carbocycles. The van der Waals surface area contributed by atoms with Crippen LogP contribution in [0.25, 0.3) is 0 Å². The number of hydrogen-bond acceptors (Lipinski definition) is 6. The average Bonchev–Trinajstić information content (AvgIpc) is 3.13. The van der Waals surface area contributed by atoms with Crippen LogP contribution in [0.5, 0.6) is 0 Å². The molecule has 2 aliphatic rings. The molecule has 0 N–H and O–H groups in total. The average molecular weight is 396 g/mol. The van der Waals surface area contributed by atoms with E-state index in [1.165, 1.54) is 0 Å². The van der Waals surface area contributed by atoms with Crippen LogP contribution in [0.2, 0.25) is 0 Å². The van der Waals surface area contributed by atoms with Crippen LogP contribution in [0.1, 0.15) is 33.5 Å². The third kappa shape index (κ3) is 3.87. The molecule has 8 nitrogen and oxygen atoms in total. The van der Waals surface area contributed by atoms with Crippen molar-refractivity contribution in [3.63, 3.8) is 0 Å². The van der Waals surface area contributed by atoms with Crippen LogP contribution < -0.4 is 4.90 Å². The molecule has 1 aromatic heterocycles. The molecule has 0 bridgehead atoms. The summed E-state index contributed by atoms with van der Waals surface area (Å²) < 4.78 is 4.94. The van der Waals surface area contributed by atoms with Crippen molar-refractivity contribution in [3.8, 4) is 0 Å². The molecule has 3 heterocycles. The van der Waals surface area contributed by atoms with Gasteiger partial charge < -0.3 is 19.2 Å². The molecule has 2 fully saturated rings. The van der Waals surface area contributed by atoms with E-state index in [0.717, 1.165) is 18.8 Å². The van der Waals surface area contributed by atoms with Crippen molar-refractivity contribution < 1.29 is 18.9 Å². The van der Waals surface area contributed by atoms with Crippen LogP contribution in [0.3, 0.4) is 0 Å². The topological polar surface area (TPSA) is 87.0 Å². The molecule has 0 spiro atoms. The first kappa shape index (κ1) is 19.2. The number of aryl methyl sites for hydroxylation is 1. The first-order valence-electron chi connectivity index (χ1n) is 9.79. The summed E-state index contributed by atoms with van der Waals surface area (Å²) in [6, 6.07) is 9.20. The van der Waals surface area contributed by atoms with E-state index in [0.29, 0.717) is 37.5 Å². The highest BCUT2D eigenvalue weighted by Gasteiger charge is 2.39. The molecular weight excluding hydrogens is 372 g/mol. The molecule has 0 atom stereocenters. The second-order valence-corrected chi connectivity index (χ2v) is 7.65. The van der Waals surface area contributed by atoms with E-state index in [2.05, 4.69) is 10.1 Å². The Bertz CT molecular complexity index is 922. The number of aromatic nitrogens is 1. The van der Waals surface area contributed by atoms with Gasteiger partial charge in [-0.2, -0.15) is 0 Å². The molecule has 0 radical (unpaired) electrons. The fraction of sp³-hybridized carbons (Fsp3) is 0.429. The first-order valence-corrected chi connectivity index (χ1v) is 9.79. The van der Waals surface area contributed by atoms with Crippen molar-refractivity contribution in [3.05, 3.63) is 47.3 Å². The third-order valence-corrected chi connectivity index (χ3v) is 5.60. The monoisotopic (exact) mass is 396 g/mol. The molecule has 2 aliphatic heterocycles. The van der Waals surface area contributed by atoms with E-state index in [9.17, 15) is 14.4 Å². The van der Waals surface area contributed by atoms with Gasteiger partial charge in [0, 0.05) is 56.6 Å². The zero-order chi connectivity index (χ0) is 20.5. The molecule has 0 aliphatic carbocycles. The summed E-state index contributed by atoms with van der Waals surface area (Å²) in [5.74, 6) is 0.420. The van der Waals surface area contributed by atoms with Crippen molar-refractivity contribution in [2.75, 3.05) is 44.2 Å². The van der Waals surface area contributed by atoms with Gasteiger partial charge in [0.15, 0.2) is 11.5 Å². The number of nitrogens with zero attached hydrogens (tertiary/aromatic N) is 4. The Kier molecular flexibility index (Phi) is 5.08. The van der Waals surface area contributed by atoms with Gasteiger partial charge in [0.2, 0.25) is 5.91 Å². The maximum Gasteiger partial charge on any atom is 0.276 e. The Labute approximate surface area is 169 Å². The van der Waals surface area contributed by atoms with Gasteiger partial charge in [0.25, 0.3) is 5.91 Å². The van der Waals surface area contributed by atoms with Gasteiger partial charge in [0.05, 0.1) is 5.92 Å². The summed E-state index contributed by atoms with van der Waals surface area (Å²) in [7, 11) is 0. The largest absolute Gasteiger partial charge is 0.368 e. The Morgan fingerprint density at radius 3 is 2.21 bits per heavy atom. The number of ketones is 1. The number of Topliss-reactive ketones (excluding diaryl/α,β-unsaturated/α-hetero) is 1. The van der Waals surface area contributed by atoms with Crippen molar-refractivity contribution in [2.45, 2.75) is 13.8 Å². The zero-order valence-electron chi connectivity index (χ0n) is 16.6. The Balaban J connectivity index is 1.26. The summed E-state index contributed by atoms with van der Waals surface area (Å²) in [5.41, 5.74) is 2.05. The lowest BCUT2D eigenvalue weighted by molar-refractivity contribution is -0.140. The lowest BCUT2D eigenvalue weighted by atomic mass is 9.97. The van der Waals surface area contributed by atoms with Gasteiger partial charge in [-0.3, -0.25) is 14.4 Å². The Morgan fingerprint density at radius 1 is 1.00 bits per heavy atom. The lowest BCUT2D eigenvalue weighted by Gasteiger charge is -2.43. The van der Waals surface area contributed by atoms with Crippen LogP contribution in [-0.2, 0) is 4.79 Å². The van der Waals surface area contributed by atoms with Crippen LogP contribution >= 0.6 is 0 Å². The Hall–Kier alpha value is -3.16. The van der Waals surface area contributed by atoms with Crippen LogP contribution in [-0.4, -0.2) is 71.8 Å². The van der Waals surface area contributed by atoms with Gasteiger partial charge in [-0.15, -0.1) is 0 Å². The van der Waals surface area contributed by atoms with Crippen molar-refractivity contribution in [1.82, 2.24) is 15.0 Å². The predicted molar refractivity (Wildman–Crippen MR) is 106 cm³/mol. The highest BCUT2D eigenvalue weighted by molar-refractivity contribution is 5.95. The predicted octanol–water partition coefficient (Wildman–Crippen LogP) is 1.61. The second kappa shape index (κ2) is 7.69. The minimum Gasteiger partial charge on any atom is -0.368 e. The number of piperazine rings is 1. The van der Waals surface area contributed by atoms with Gasteiger partial charge in [0.1, 0.15) is 5.76 Å². The normalized spacial score (nSPS) is 17.2. The highest BCUT2D eigenvalue weighted by Crippen LogP contribution is 2.23. The maximum atomic E-state index is 12.7. The van der Waals surface area contributed by atoms with E-state index in [4.69, 9.17) is 4.52 Å². The van der Waals surface area contributed by atoms with E-state index in [-0.39, 0.29) is 29.2 Å². The third-order valence-electron chi connectivity index (χ3n) is 5.60. The van der Waals surface area contributed by atoms with E-state index < -0.39 is 0 Å². The fourth-order valence-electron chi connectivity index (χ4n) is 3.78.